The summed E-state index contributed by atoms with van der Waals surface area (Å²) in [6, 6.07) is 6.67. The number of benzene rings is 1. The molecule has 1 aliphatic rings. The minimum Gasteiger partial charge on any atom is -0.349 e. The van der Waals surface area contributed by atoms with Crippen LogP contribution in [0.1, 0.15) is 23.2 Å². The first-order chi connectivity index (χ1) is 7.94. The van der Waals surface area contributed by atoms with Crippen LogP contribution in [0.5, 0.6) is 0 Å². The summed E-state index contributed by atoms with van der Waals surface area (Å²) >= 11 is 0. The van der Waals surface area contributed by atoms with Gasteiger partial charge in [-0.25, -0.2) is 8.42 Å². The molecule has 1 amide bonds. The molecule has 0 bridgehead atoms. The van der Waals surface area contributed by atoms with Gasteiger partial charge in [-0.3, -0.25) is 9.52 Å². The lowest BCUT2D eigenvalue weighted by molar-refractivity contribution is 0.0951. The minimum absolute atomic E-state index is 0.113. The molecule has 1 fully saturated rings. The first-order valence-corrected chi connectivity index (χ1v) is 7.22. The summed E-state index contributed by atoms with van der Waals surface area (Å²) in [5.41, 5.74) is 0.992. The van der Waals surface area contributed by atoms with E-state index in [2.05, 4.69) is 10.0 Å². The number of carbonyl (C=O) groups excluding carboxylic acids is 1. The summed E-state index contributed by atoms with van der Waals surface area (Å²) in [5, 5.41) is 2.86. The molecule has 2 rings (SSSR count). The number of anilines is 1. The first kappa shape index (κ1) is 11.9. The zero-order valence-electron chi connectivity index (χ0n) is 9.43. The molecule has 0 spiro atoms. The van der Waals surface area contributed by atoms with Crippen molar-refractivity contribution in [3.8, 4) is 0 Å². The van der Waals surface area contributed by atoms with Gasteiger partial charge in [0.15, 0.2) is 0 Å². The lowest BCUT2D eigenvalue weighted by Crippen LogP contribution is -2.25. The van der Waals surface area contributed by atoms with Crippen LogP contribution in [0.25, 0.3) is 0 Å². The largest absolute Gasteiger partial charge is 0.349 e. The SMILES string of the molecule is CS(=O)(=O)Nc1ccc(C(=O)NC2CC2)cc1. The van der Waals surface area contributed by atoms with Gasteiger partial charge in [0.2, 0.25) is 10.0 Å². The molecule has 0 heterocycles. The topological polar surface area (TPSA) is 75.3 Å². The van der Waals surface area contributed by atoms with Gasteiger partial charge in [-0.05, 0) is 37.1 Å². The van der Waals surface area contributed by atoms with Crippen molar-refractivity contribution in [1.29, 1.82) is 0 Å². The van der Waals surface area contributed by atoms with Crippen LogP contribution in [-0.4, -0.2) is 26.6 Å². The molecule has 5 nitrogen and oxygen atoms in total. The van der Waals surface area contributed by atoms with Gasteiger partial charge in [0.25, 0.3) is 5.91 Å². The summed E-state index contributed by atoms with van der Waals surface area (Å²) in [7, 11) is -3.27. The van der Waals surface area contributed by atoms with E-state index in [1.807, 2.05) is 0 Å². The van der Waals surface area contributed by atoms with Gasteiger partial charge in [-0.1, -0.05) is 0 Å². The number of hydrogen-bond donors (Lipinski definition) is 2. The quantitative estimate of drug-likeness (QED) is 0.840. The molecule has 1 aromatic carbocycles. The fraction of sp³-hybridized carbons (Fsp3) is 0.364. The lowest BCUT2D eigenvalue weighted by atomic mass is 10.2. The molecule has 0 saturated heterocycles. The monoisotopic (exact) mass is 254 g/mol. The summed E-state index contributed by atoms with van der Waals surface area (Å²) in [5.74, 6) is -0.113. The van der Waals surface area contributed by atoms with Gasteiger partial charge in [0.1, 0.15) is 0 Å². The standard InChI is InChI=1S/C11H14N2O3S/c1-17(15,16)13-10-4-2-8(3-5-10)11(14)12-9-6-7-9/h2-5,9,13H,6-7H2,1H3,(H,12,14). The lowest BCUT2D eigenvalue weighted by Gasteiger charge is -2.06. The Kier molecular flexibility index (Phi) is 3.06. The maximum atomic E-state index is 11.6. The number of nitrogens with one attached hydrogen (secondary N) is 2. The normalized spacial score (nSPS) is 15.4. The molecule has 0 unspecified atom stereocenters. The maximum Gasteiger partial charge on any atom is 0.251 e. The Balaban J connectivity index is 2.04. The van der Waals surface area contributed by atoms with Crippen molar-refractivity contribution in [2.45, 2.75) is 18.9 Å². The fourth-order valence-corrected chi connectivity index (χ4v) is 1.96. The Morgan fingerprint density at radius 2 is 1.82 bits per heavy atom. The number of sulfonamides is 1. The van der Waals surface area contributed by atoms with Crippen LogP contribution < -0.4 is 10.0 Å². The highest BCUT2D eigenvalue weighted by Gasteiger charge is 2.23. The van der Waals surface area contributed by atoms with Gasteiger partial charge in [-0.2, -0.15) is 0 Å². The number of amides is 1. The first-order valence-electron chi connectivity index (χ1n) is 5.33. The van der Waals surface area contributed by atoms with Crippen LogP contribution in [-0.2, 0) is 10.0 Å². The second-order valence-electron chi connectivity index (χ2n) is 4.20. The van der Waals surface area contributed by atoms with Gasteiger partial charge in [-0.15, -0.1) is 0 Å². The van der Waals surface area contributed by atoms with E-state index in [1.165, 1.54) is 0 Å². The molecular formula is C11H14N2O3S. The van der Waals surface area contributed by atoms with Crippen molar-refractivity contribution in [3.05, 3.63) is 29.8 Å². The predicted octanol–water partition coefficient (Wildman–Crippen LogP) is 0.950. The Morgan fingerprint density at radius 1 is 1.24 bits per heavy atom. The zero-order valence-corrected chi connectivity index (χ0v) is 10.3. The van der Waals surface area contributed by atoms with E-state index in [0.29, 0.717) is 17.3 Å². The average Bonchev–Trinajstić information content (AvgIpc) is 3.00. The Bertz CT molecular complexity index is 518. The molecule has 92 valence electrons. The molecule has 2 N–H and O–H groups in total. The summed E-state index contributed by atoms with van der Waals surface area (Å²) in [4.78, 5) is 11.6. The Labute approximate surface area is 100 Å². The summed E-state index contributed by atoms with van der Waals surface area (Å²) < 4.78 is 24.3. The van der Waals surface area contributed by atoms with Gasteiger partial charge >= 0.3 is 0 Å². The second-order valence-corrected chi connectivity index (χ2v) is 5.95. The Morgan fingerprint density at radius 3 is 2.29 bits per heavy atom. The zero-order chi connectivity index (χ0) is 12.5. The van der Waals surface area contributed by atoms with E-state index in [0.717, 1.165) is 19.1 Å². The molecular weight excluding hydrogens is 240 g/mol. The van der Waals surface area contributed by atoms with E-state index in [-0.39, 0.29) is 5.91 Å². The van der Waals surface area contributed by atoms with Crippen LogP contribution in [0.3, 0.4) is 0 Å². The van der Waals surface area contributed by atoms with E-state index >= 15 is 0 Å². The second kappa shape index (κ2) is 4.37. The van der Waals surface area contributed by atoms with Crippen molar-refractivity contribution in [3.63, 3.8) is 0 Å². The molecule has 0 aromatic heterocycles. The highest BCUT2D eigenvalue weighted by molar-refractivity contribution is 7.92. The smallest absolute Gasteiger partial charge is 0.251 e. The molecule has 6 heteroatoms. The highest BCUT2D eigenvalue weighted by atomic mass is 32.2. The molecule has 1 aliphatic carbocycles. The van der Waals surface area contributed by atoms with Crippen LogP contribution in [0.2, 0.25) is 0 Å². The predicted molar refractivity (Wildman–Crippen MR) is 65.4 cm³/mol. The van der Waals surface area contributed by atoms with Gasteiger partial charge < -0.3 is 5.32 Å². The van der Waals surface area contributed by atoms with E-state index in [4.69, 9.17) is 0 Å². The maximum absolute atomic E-state index is 11.6. The van der Waals surface area contributed by atoms with Crippen LogP contribution in [0.15, 0.2) is 24.3 Å². The van der Waals surface area contributed by atoms with Crippen LogP contribution in [0.4, 0.5) is 5.69 Å². The molecule has 1 saturated carbocycles. The van der Waals surface area contributed by atoms with Gasteiger partial charge in [0.05, 0.1) is 6.26 Å². The fourth-order valence-electron chi connectivity index (χ4n) is 1.40. The third-order valence-corrected chi connectivity index (χ3v) is 2.97. The van der Waals surface area contributed by atoms with E-state index in [1.54, 1.807) is 24.3 Å². The number of rotatable bonds is 4. The van der Waals surface area contributed by atoms with E-state index in [9.17, 15) is 13.2 Å². The van der Waals surface area contributed by atoms with Crippen molar-refractivity contribution < 1.29 is 13.2 Å². The summed E-state index contributed by atoms with van der Waals surface area (Å²) in [6.07, 6.45) is 3.17. The molecule has 0 aliphatic heterocycles. The van der Waals surface area contributed by atoms with Crippen LogP contribution >= 0.6 is 0 Å². The molecule has 1 aromatic rings. The van der Waals surface area contributed by atoms with Crippen molar-refractivity contribution >= 4 is 21.6 Å². The van der Waals surface area contributed by atoms with Crippen molar-refractivity contribution in [2.75, 3.05) is 11.0 Å². The number of carbonyl (C=O) groups is 1. The third kappa shape index (κ3) is 3.74. The third-order valence-electron chi connectivity index (χ3n) is 2.36. The van der Waals surface area contributed by atoms with Crippen LogP contribution in [0, 0.1) is 0 Å². The highest BCUT2D eigenvalue weighted by Crippen LogP contribution is 2.19. The van der Waals surface area contributed by atoms with E-state index < -0.39 is 10.0 Å². The number of hydrogen-bond acceptors (Lipinski definition) is 3. The summed E-state index contributed by atoms with van der Waals surface area (Å²) in [6.45, 7) is 0. The molecule has 0 radical (unpaired) electrons. The van der Waals surface area contributed by atoms with Crippen molar-refractivity contribution in [2.24, 2.45) is 0 Å². The minimum atomic E-state index is -3.27. The van der Waals surface area contributed by atoms with Gasteiger partial charge in [0, 0.05) is 17.3 Å². The molecule has 17 heavy (non-hydrogen) atoms. The average molecular weight is 254 g/mol. The van der Waals surface area contributed by atoms with Crippen molar-refractivity contribution in [1.82, 2.24) is 5.32 Å². The molecule has 0 atom stereocenters. The Hall–Kier alpha value is -1.56.